The molecule has 1 saturated heterocycles. The molecule has 1 amide bonds. The molecule has 1 aliphatic rings. The molecular weight excluding hydrogens is 361 g/mol. The molecule has 0 aliphatic carbocycles. The number of anilines is 1. The van der Waals surface area contributed by atoms with Crippen molar-refractivity contribution in [3.63, 3.8) is 0 Å². The number of nitrogens with one attached hydrogen (secondary N) is 1. The first-order valence-corrected chi connectivity index (χ1v) is 7.48. The second kappa shape index (κ2) is 7.85. The van der Waals surface area contributed by atoms with Gasteiger partial charge in [0.2, 0.25) is 0 Å². The maximum Gasteiger partial charge on any atom is 0.471 e. The Morgan fingerprint density at radius 3 is 2.81 bits per heavy atom. The number of carbonyl (C=O) groups is 1. The molecule has 0 unspecified atom stereocenters. The van der Waals surface area contributed by atoms with E-state index in [-0.39, 0.29) is 17.8 Å². The number of nitrogen functional groups attached to an aromatic ring is 1. The van der Waals surface area contributed by atoms with Gasteiger partial charge < -0.3 is 26.0 Å². The molecule has 1 fully saturated rings. The second-order valence-electron chi connectivity index (χ2n) is 5.50. The van der Waals surface area contributed by atoms with Crippen LogP contribution in [0.3, 0.4) is 0 Å². The number of aliphatic hydroxyl groups is 2. The summed E-state index contributed by atoms with van der Waals surface area (Å²) in [7, 11) is 0. The van der Waals surface area contributed by atoms with Gasteiger partial charge in [-0.15, -0.1) is 0 Å². The van der Waals surface area contributed by atoms with E-state index in [0.717, 1.165) is 4.57 Å². The number of rotatable bonds is 5. The van der Waals surface area contributed by atoms with Crippen molar-refractivity contribution in [3.8, 4) is 0 Å². The highest BCUT2D eigenvalue weighted by molar-refractivity contribution is 5.81. The molecule has 9 nitrogen and oxygen atoms in total. The fraction of sp³-hybridized carbons (Fsp3) is 0.500. The SMILES string of the molecule is Nc1nc(=O)n([C@H]2C[C@H](O)[C@@H](CO)O2)cc1/C=C\CNC(=O)C(F)(F)F. The van der Waals surface area contributed by atoms with Crippen LogP contribution in [0, 0.1) is 0 Å². The van der Waals surface area contributed by atoms with Gasteiger partial charge in [0, 0.05) is 24.7 Å². The molecule has 0 saturated carbocycles. The van der Waals surface area contributed by atoms with E-state index in [1.807, 2.05) is 0 Å². The first kappa shape index (κ1) is 19.9. The third kappa shape index (κ3) is 4.59. The van der Waals surface area contributed by atoms with E-state index >= 15 is 0 Å². The van der Waals surface area contributed by atoms with Crippen LogP contribution in [-0.2, 0) is 9.53 Å². The first-order chi connectivity index (χ1) is 12.1. The molecule has 2 rings (SSSR count). The third-order valence-corrected chi connectivity index (χ3v) is 3.64. The Balaban J connectivity index is 2.12. The maximum absolute atomic E-state index is 12.1. The molecule has 5 N–H and O–H groups in total. The number of ether oxygens (including phenoxy) is 1. The average Bonchev–Trinajstić information content (AvgIpc) is 2.92. The molecule has 1 aromatic rings. The maximum atomic E-state index is 12.1. The van der Waals surface area contributed by atoms with Crippen LogP contribution in [0.15, 0.2) is 17.1 Å². The van der Waals surface area contributed by atoms with Crippen molar-refractivity contribution < 1.29 is 32.9 Å². The van der Waals surface area contributed by atoms with Crippen LogP contribution in [-0.4, -0.2) is 57.2 Å². The van der Waals surface area contributed by atoms with Crippen LogP contribution in [0.2, 0.25) is 0 Å². The summed E-state index contributed by atoms with van der Waals surface area (Å²) < 4.78 is 42.6. The van der Waals surface area contributed by atoms with Crippen LogP contribution in [0.1, 0.15) is 18.2 Å². The van der Waals surface area contributed by atoms with Crippen LogP contribution < -0.4 is 16.7 Å². The lowest BCUT2D eigenvalue weighted by Crippen LogP contribution is -2.36. The minimum absolute atomic E-state index is 0.0432. The molecule has 0 aromatic carbocycles. The minimum Gasteiger partial charge on any atom is -0.394 e. The van der Waals surface area contributed by atoms with Gasteiger partial charge in [0.25, 0.3) is 0 Å². The molecule has 0 radical (unpaired) electrons. The van der Waals surface area contributed by atoms with Gasteiger partial charge in [-0.25, -0.2) is 4.79 Å². The lowest BCUT2D eigenvalue weighted by atomic mass is 10.2. The number of alkyl halides is 3. The molecule has 0 bridgehead atoms. The van der Waals surface area contributed by atoms with Crippen molar-refractivity contribution in [1.29, 1.82) is 0 Å². The van der Waals surface area contributed by atoms with E-state index in [0.29, 0.717) is 0 Å². The number of halogens is 3. The molecule has 0 spiro atoms. The number of aromatic nitrogens is 2. The molecule has 26 heavy (non-hydrogen) atoms. The normalized spacial score (nSPS) is 23.5. The van der Waals surface area contributed by atoms with E-state index in [4.69, 9.17) is 15.6 Å². The summed E-state index contributed by atoms with van der Waals surface area (Å²) in [6, 6.07) is 0. The van der Waals surface area contributed by atoms with Gasteiger partial charge in [-0.3, -0.25) is 9.36 Å². The Labute approximate surface area is 144 Å². The molecule has 3 atom stereocenters. The van der Waals surface area contributed by atoms with Gasteiger partial charge in [0.1, 0.15) is 18.1 Å². The zero-order valence-electron chi connectivity index (χ0n) is 13.3. The number of hydrogen-bond donors (Lipinski definition) is 4. The van der Waals surface area contributed by atoms with E-state index in [1.54, 1.807) is 5.32 Å². The Kier molecular flexibility index (Phi) is 6.00. The number of nitrogens with zero attached hydrogens (tertiary/aromatic N) is 2. The molecule has 12 heteroatoms. The minimum atomic E-state index is -4.98. The number of hydrogen-bond acceptors (Lipinski definition) is 7. The van der Waals surface area contributed by atoms with E-state index in [2.05, 4.69) is 4.98 Å². The fourth-order valence-electron chi connectivity index (χ4n) is 2.32. The van der Waals surface area contributed by atoms with Gasteiger partial charge in [0.05, 0.1) is 12.7 Å². The zero-order chi connectivity index (χ0) is 19.5. The lowest BCUT2D eigenvalue weighted by Gasteiger charge is -2.15. The van der Waals surface area contributed by atoms with Crippen molar-refractivity contribution in [2.24, 2.45) is 0 Å². The molecule has 1 aliphatic heterocycles. The predicted molar refractivity (Wildman–Crippen MR) is 82.6 cm³/mol. The highest BCUT2D eigenvalue weighted by Crippen LogP contribution is 2.27. The summed E-state index contributed by atoms with van der Waals surface area (Å²) in [6.45, 7) is -0.845. The van der Waals surface area contributed by atoms with Crippen LogP contribution in [0.25, 0.3) is 6.08 Å². The number of aliphatic hydroxyl groups excluding tert-OH is 2. The van der Waals surface area contributed by atoms with Crippen molar-refractivity contribution >= 4 is 17.8 Å². The highest BCUT2D eigenvalue weighted by Gasteiger charge is 2.38. The number of amides is 1. The average molecular weight is 378 g/mol. The summed E-state index contributed by atoms with van der Waals surface area (Å²) in [5.41, 5.74) is 5.06. The van der Waals surface area contributed by atoms with Gasteiger partial charge in [-0.2, -0.15) is 18.2 Å². The van der Waals surface area contributed by atoms with Crippen molar-refractivity contribution in [2.75, 3.05) is 18.9 Å². The largest absolute Gasteiger partial charge is 0.471 e. The Morgan fingerprint density at radius 1 is 1.54 bits per heavy atom. The third-order valence-electron chi connectivity index (χ3n) is 3.64. The predicted octanol–water partition coefficient (Wildman–Crippen LogP) is -0.842. The van der Waals surface area contributed by atoms with Crippen LogP contribution in [0.5, 0.6) is 0 Å². The van der Waals surface area contributed by atoms with Gasteiger partial charge in [-0.1, -0.05) is 12.2 Å². The van der Waals surface area contributed by atoms with Crippen molar-refractivity contribution in [3.05, 3.63) is 28.3 Å². The Morgan fingerprint density at radius 2 is 2.23 bits per heavy atom. The van der Waals surface area contributed by atoms with Crippen LogP contribution >= 0.6 is 0 Å². The molecular formula is C14H17F3N4O5. The lowest BCUT2D eigenvalue weighted by molar-refractivity contribution is -0.173. The summed E-state index contributed by atoms with van der Waals surface area (Å²) in [5.74, 6) is -2.25. The molecule has 2 heterocycles. The van der Waals surface area contributed by atoms with Gasteiger partial charge >= 0.3 is 17.8 Å². The molecule has 144 valence electrons. The molecule has 1 aromatic heterocycles. The van der Waals surface area contributed by atoms with Gasteiger partial charge in [0.15, 0.2) is 0 Å². The Bertz CT molecular complexity index is 749. The van der Waals surface area contributed by atoms with Gasteiger partial charge in [-0.05, 0) is 0 Å². The fourth-order valence-corrected chi connectivity index (χ4v) is 2.32. The van der Waals surface area contributed by atoms with E-state index in [1.165, 1.54) is 18.3 Å². The smallest absolute Gasteiger partial charge is 0.394 e. The summed E-state index contributed by atoms with van der Waals surface area (Å²) in [5, 5.41) is 20.5. The zero-order valence-corrected chi connectivity index (χ0v) is 13.3. The highest BCUT2D eigenvalue weighted by atomic mass is 19.4. The van der Waals surface area contributed by atoms with Crippen LogP contribution in [0.4, 0.5) is 19.0 Å². The number of carbonyl (C=O) groups excluding carboxylic acids is 1. The summed E-state index contributed by atoms with van der Waals surface area (Å²) in [4.78, 5) is 26.2. The summed E-state index contributed by atoms with van der Waals surface area (Å²) >= 11 is 0. The topological polar surface area (TPSA) is 140 Å². The van der Waals surface area contributed by atoms with Crippen molar-refractivity contribution in [2.45, 2.75) is 31.0 Å². The van der Waals surface area contributed by atoms with E-state index < -0.39 is 49.4 Å². The second-order valence-corrected chi connectivity index (χ2v) is 5.50. The monoisotopic (exact) mass is 378 g/mol. The number of nitrogens with two attached hydrogens (primary N) is 1. The standard InChI is InChI=1S/C14H17F3N4O5/c15-14(16,17)12(24)19-3-1-2-7-5-21(13(25)20-11(7)18)10-4-8(23)9(6-22)26-10/h1-2,5,8-10,22-23H,3-4,6H2,(H,19,24)(H2,18,20,25)/b2-1-/t8-,9+,10+/m0/s1. The Hall–Kier alpha value is -2.44. The quantitative estimate of drug-likeness (QED) is 0.524. The van der Waals surface area contributed by atoms with E-state index in [9.17, 15) is 27.9 Å². The summed E-state index contributed by atoms with van der Waals surface area (Å²) in [6.07, 6.45) is -3.88. The van der Waals surface area contributed by atoms with Crippen molar-refractivity contribution in [1.82, 2.24) is 14.9 Å². The first-order valence-electron chi connectivity index (χ1n) is 7.48.